The summed E-state index contributed by atoms with van der Waals surface area (Å²) in [6.45, 7) is 2.76. The van der Waals surface area contributed by atoms with E-state index in [1.54, 1.807) is 30.3 Å². The fraction of sp³-hybridized carbons (Fsp3) is 0.240. The third kappa shape index (κ3) is 4.36. The summed E-state index contributed by atoms with van der Waals surface area (Å²) < 4.78 is 40.8. The van der Waals surface area contributed by atoms with Crippen molar-refractivity contribution in [3.63, 3.8) is 0 Å². The Morgan fingerprint density at radius 2 is 1.71 bits per heavy atom. The number of nitrogens with one attached hydrogen (secondary N) is 1. The highest BCUT2D eigenvalue weighted by atomic mass is 35.5. The lowest BCUT2D eigenvalue weighted by Crippen LogP contribution is -2.35. The summed E-state index contributed by atoms with van der Waals surface area (Å²) in [5.74, 6) is 0.717. The lowest BCUT2D eigenvalue weighted by molar-refractivity contribution is 0.102. The number of nitrogens with zero attached hydrogens (tertiary/aromatic N) is 1. The van der Waals surface area contributed by atoms with Gasteiger partial charge in [0, 0.05) is 24.2 Å². The molecule has 2 aliphatic rings. The molecule has 1 fully saturated rings. The number of ether oxygens (including phenoxy) is 2. The van der Waals surface area contributed by atoms with E-state index in [1.807, 2.05) is 19.1 Å². The van der Waals surface area contributed by atoms with Gasteiger partial charge in [-0.3, -0.25) is 4.79 Å². The van der Waals surface area contributed by atoms with Crippen LogP contribution in [0.5, 0.6) is 23.0 Å². The molecule has 0 radical (unpaired) electrons. The van der Waals surface area contributed by atoms with Crippen LogP contribution in [0.15, 0.2) is 59.5 Å². The number of sulfonamides is 1. The molecule has 7 nitrogen and oxygen atoms in total. The number of piperidine rings is 1. The van der Waals surface area contributed by atoms with E-state index in [9.17, 15) is 13.2 Å². The van der Waals surface area contributed by atoms with Crippen LogP contribution in [0.4, 0.5) is 5.69 Å². The molecule has 176 valence electrons. The Balaban J connectivity index is 1.65. The van der Waals surface area contributed by atoms with Crippen molar-refractivity contribution in [2.75, 3.05) is 18.4 Å². The van der Waals surface area contributed by atoms with Crippen LogP contribution < -0.4 is 14.8 Å². The van der Waals surface area contributed by atoms with Gasteiger partial charge in [-0.25, -0.2) is 8.42 Å². The van der Waals surface area contributed by atoms with Crippen molar-refractivity contribution in [2.24, 2.45) is 0 Å². The van der Waals surface area contributed by atoms with E-state index in [1.165, 1.54) is 16.4 Å². The number of fused-ring (bicyclic) bond motifs is 2. The van der Waals surface area contributed by atoms with Crippen molar-refractivity contribution in [2.45, 2.75) is 31.1 Å². The molecule has 2 heterocycles. The predicted octanol–water partition coefficient (Wildman–Crippen LogP) is 5.97. The molecule has 0 atom stereocenters. The molecule has 0 saturated carbocycles. The third-order valence-corrected chi connectivity index (χ3v) is 8.04. The molecule has 0 spiro atoms. The molecule has 0 aromatic heterocycles. The molecule has 0 aliphatic carbocycles. The van der Waals surface area contributed by atoms with Crippen LogP contribution >= 0.6 is 11.6 Å². The number of anilines is 1. The van der Waals surface area contributed by atoms with Gasteiger partial charge in [-0.15, -0.1) is 0 Å². The highest BCUT2D eigenvalue weighted by Crippen LogP contribution is 2.42. The number of hydrogen-bond donors (Lipinski definition) is 1. The predicted molar refractivity (Wildman–Crippen MR) is 130 cm³/mol. The molecule has 1 amide bonds. The second-order valence-corrected chi connectivity index (χ2v) is 10.7. The largest absolute Gasteiger partial charge is 0.456 e. The Hall–Kier alpha value is -3.07. The van der Waals surface area contributed by atoms with Crippen molar-refractivity contribution >= 4 is 33.2 Å². The molecule has 9 heteroatoms. The summed E-state index contributed by atoms with van der Waals surface area (Å²) >= 11 is 5.99. The molecule has 1 saturated heterocycles. The van der Waals surface area contributed by atoms with Gasteiger partial charge in [0.05, 0.1) is 11.3 Å². The maximum Gasteiger partial charge on any atom is 0.259 e. The van der Waals surface area contributed by atoms with Crippen molar-refractivity contribution in [1.82, 2.24) is 4.31 Å². The fourth-order valence-corrected chi connectivity index (χ4v) is 5.85. The molecule has 3 aromatic rings. The molecule has 5 rings (SSSR count). The maximum atomic E-state index is 13.6. The van der Waals surface area contributed by atoms with Crippen LogP contribution in [0.25, 0.3) is 0 Å². The first kappa shape index (κ1) is 22.7. The number of halogens is 1. The van der Waals surface area contributed by atoms with Gasteiger partial charge >= 0.3 is 0 Å². The van der Waals surface area contributed by atoms with Crippen molar-refractivity contribution < 1.29 is 22.7 Å². The second-order valence-electron chi connectivity index (χ2n) is 8.37. The molecular formula is C25H23ClN2O5S. The Bertz CT molecular complexity index is 1370. The standard InChI is InChI=1S/C25H23ClN2O5S/c1-16-5-10-20-22(13-16)33-21-15-23(32-18-8-6-17(26)7-9-18)24(14-19(21)25(29)27-20)34(30,31)28-11-3-2-4-12-28/h5-10,13-15H,2-4,11-12H2,1H3,(H,27,29). The monoisotopic (exact) mass is 498 g/mol. The van der Waals surface area contributed by atoms with Crippen LogP contribution in [0.2, 0.25) is 5.02 Å². The highest BCUT2D eigenvalue weighted by Gasteiger charge is 2.33. The van der Waals surface area contributed by atoms with Crippen molar-refractivity contribution in [3.8, 4) is 23.0 Å². The molecule has 0 bridgehead atoms. The number of carbonyl (C=O) groups excluding carboxylic acids is 1. The smallest absolute Gasteiger partial charge is 0.259 e. The highest BCUT2D eigenvalue weighted by molar-refractivity contribution is 7.89. The van der Waals surface area contributed by atoms with Gasteiger partial charge in [0.2, 0.25) is 10.0 Å². The van der Waals surface area contributed by atoms with E-state index in [-0.39, 0.29) is 22.0 Å². The van der Waals surface area contributed by atoms with Crippen molar-refractivity contribution in [1.29, 1.82) is 0 Å². The number of hydrogen-bond acceptors (Lipinski definition) is 5. The minimum atomic E-state index is -3.92. The molecule has 3 aromatic carbocycles. The van der Waals surface area contributed by atoms with Crippen molar-refractivity contribution in [3.05, 3.63) is 70.7 Å². The van der Waals surface area contributed by atoms with Crippen LogP contribution in [-0.4, -0.2) is 31.7 Å². The first-order valence-electron chi connectivity index (χ1n) is 11.0. The zero-order valence-electron chi connectivity index (χ0n) is 18.5. The lowest BCUT2D eigenvalue weighted by atomic mass is 10.1. The van der Waals surface area contributed by atoms with Gasteiger partial charge in [-0.2, -0.15) is 4.31 Å². The fourth-order valence-electron chi connectivity index (χ4n) is 4.08. The van der Waals surface area contributed by atoms with E-state index < -0.39 is 15.9 Å². The summed E-state index contributed by atoms with van der Waals surface area (Å²) in [4.78, 5) is 13.0. The Morgan fingerprint density at radius 3 is 2.44 bits per heavy atom. The van der Waals surface area contributed by atoms with Crippen LogP contribution in [-0.2, 0) is 10.0 Å². The van der Waals surface area contributed by atoms with Gasteiger partial charge in [0.25, 0.3) is 5.91 Å². The van der Waals surface area contributed by atoms with E-state index in [0.29, 0.717) is 35.3 Å². The average Bonchev–Trinajstić information content (AvgIpc) is 2.95. The summed E-state index contributed by atoms with van der Waals surface area (Å²) in [5.41, 5.74) is 1.58. The SMILES string of the molecule is Cc1ccc2c(c1)Oc1cc(Oc3ccc(Cl)cc3)c(S(=O)(=O)N3CCCCC3)cc1C(=O)N2. The number of benzene rings is 3. The number of amides is 1. The Morgan fingerprint density at radius 1 is 0.971 bits per heavy atom. The van der Waals surface area contributed by atoms with E-state index in [4.69, 9.17) is 21.1 Å². The zero-order valence-corrected chi connectivity index (χ0v) is 20.1. The zero-order chi connectivity index (χ0) is 23.9. The topological polar surface area (TPSA) is 84.9 Å². The first-order chi connectivity index (χ1) is 16.3. The van der Waals surface area contributed by atoms with Gasteiger partial charge in [0.1, 0.15) is 16.4 Å². The molecule has 0 unspecified atom stereocenters. The summed E-state index contributed by atoms with van der Waals surface area (Å²) in [7, 11) is -3.92. The molecular weight excluding hydrogens is 476 g/mol. The third-order valence-electron chi connectivity index (χ3n) is 5.87. The van der Waals surface area contributed by atoms with E-state index in [0.717, 1.165) is 24.8 Å². The average molecular weight is 499 g/mol. The summed E-state index contributed by atoms with van der Waals surface area (Å²) in [5, 5.41) is 3.34. The maximum absolute atomic E-state index is 13.6. The van der Waals surface area contributed by atoms with Crippen LogP contribution in [0.1, 0.15) is 35.2 Å². The summed E-state index contributed by atoms with van der Waals surface area (Å²) in [6.07, 6.45) is 2.56. The minimum absolute atomic E-state index is 0.0792. The normalized spacial score (nSPS) is 16.0. The quantitative estimate of drug-likeness (QED) is 0.478. The van der Waals surface area contributed by atoms with Gasteiger partial charge in [-0.05, 0) is 67.8 Å². The number of carbonyl (C=O) groups is 1. The molecule has 2 aliphatic heterocycles. The van der Waals surface area contributed by atoms with Gasteiger partial charge in [0.15, 0.2) is 11.5 Å². The van der Waals surface area contributed by atoms with Gasteiger partial charge in [-0.1, -0.05) is 24.1 Å². The number of aryl methyl sites for hydroxylation is 1. The van der Waals surface area contributed by atoms with Crippen LogP contribution in [0.3, 0.4) is 0 Å². The Kier molecular flexibility index (Phi) is 5.97. The molecule has 1 N–H and O–H groups in total. The first-order valence-corrected chi connectivity index (χ1v) is 12.8. The summed E-state index contributed by atoms with van der Waals surface area (Å²) in [6, 6.07) is 14.9. The number of rotatable bonds is 4. The Labute approximate surface area is 203 Å². The van der Waals surface area contributed by atoms with Crippen LogP contribution in [0, 0.1) is 6.92 Å². The van der Waals surface area contributed by atoms with E-state index >= 15 is 0 Å². The van der Waals surface area contributed by atoms with Gasteiger partial charge < -0.3 is 14.8 Å². The second kappa shape index (κ2) is 8.94. The lowest BCUT2D eigenvalue weighted by Gasteiger charge is -2.27. The minimum Gasteiger partial charge on any atom is -0.456 e. The van der Waals surface area contributed by atoms with E-state index in [2.05, 4.69) is 5.32 Å². The molecule has 34 heavy (non-hydrogen) atoms.